The predicted octanol–water partition coefficient (Wildman–Crippen LogP) is 2.36. The first-order chi connectivity index (χ1) is 10.9. The molecule has 3 rings (SSSR count). The van der Waals surface area contributed by atoms with Gasteiger partial charge in [-0.3, -0.25) is 9.69 Å². The van der Waals surface area contributed by atoms with Crippen LogP contribution in [0.25, 0.3) is 0 Å². The maximum Gasteiger partial charge on any atom is 0.251 e. The number of halogens is 1. The van der Waals surface area contributed by atoms with Gasteiger partial charge < -0.3 is 10.1 Å². The van der Waals surface area contributed by atoms with Gasteiger partial charge in [-0.05, 0) is 37.0 Å². The number of ether oxygens (including phenoxy) is 1. The second-order valence-corrected chi connectivity index (χ2v) is 7.09. The number of morpholine rings is 1. The van der Waals surface area contributed by atoms with E-state index >= 15 is 0 Å². The number of amides is 1. The van der Waals surface area contributed by atoms with Crippen LogP contribution in [-0.2, 0) is 4.74 Å². The monoisotopic (exact) mass is 320 g/mol. The highest BCUT2D eigenvalue weighted by Crippen LogP contribution is 2.26. The van der Waals surface area contributed by atoms with Crippen molar-refractivity contribution >= 4 is 5.91 Å². The maximum atomic E-state index is 13.4. The second kappa shape index (κ2) is 6.57. The summed E-state index contributed by atoms with van der Waals surface area (Å²) in [5.41, 5.74) is 1.22. The summed E-state index contributed by atoms with van der Waals surface area (Å²) in [7, 11) is 0. The lowest BCUT2D eigenvalue weighted by Gasteiger charge is -2.36. The van der Waals surface area contributed by atoms with Crippen molar-refractivity contribution in [3.05, 3.63) is 35.1 Å². The van der Waals surface area contributed by atoms with Gasteiger partial charge in [-0.1, -0.05) is 19.9 Å². The minimum atomic E-state index is -0.377. The second-order valence-electron chi connectivity index (χ2n) is 7.09. The van der Waals surface area contributed by atoms with E-state index in [2.05, 4.69) is 24.1 Å². The minimum absolute atomic E-state index is 0.102. The Morgan fingerprint density at radius 2 is 2.17 bits per heavy atom. The fourth-order valence-electron chi connectivity index (χ4n) is 3.51. The molecule has 3 atom stereocenters. The van der Waals surface area contributed by atoms with Gasteiger partial charge in [0.2, 0.25) is 0 Å². The lowest BCUT2D eigenvalue weighted by Crippen LogP contribution is -2.48. The highest BCUT2D eigenvalue weighted by atomic mass is 19.1. The molecule has 1 N–H and O–H groups in total. The van der Waals surface area contributed by atoms with Crippen LogP contribution < -0.4 is 5.32 Å². The third-order valence-electron chi connectivity index (χ3n) is 4.97. The standard InChI is InChI=1S/C18H25FN2O2/c1-11(2)17-9-21-8-14(7-15(21)10-23-17)20-18(22)16-6-13(19)5-4-12(16)3/h4-6,11,14-15,17H,7-10H2,1-3H3,(H,20,22)/t14-,15+,17+/m1/s1. The van der Waals surface area contributed by atoms with Gasteiger partial charge >= 0.3 is 0 Å². The van der Waals surface area contributed by atoms with Gasteiger partial charge in [-0.25, -0.2) is 4.39 Å². The number of carbonyl (C=O) groups excluding carboxylic acids is 1. The highest BCUT2D eigenvalue weighted by Gasteiger charge is 2.38. The van der Waals surface area contributed by atoms with Crippen LogP contribution in [0, 0.1) is 18.7 Å². The quantitative estimate of drug-likeness (QED) is 0.929. The highest BCUT2D eigenvalue weighted by molar-refractivity contribution is 5.95. The largest absolute Gasteiger partial charge is 0.375 e. The van der Waals surface area contributed by atoms with Crippen LogP contribution in [-0.4, -0.2) is 48.7 Å². The molecule has 4 nitrogen and oxygen atoms in total. The zero-order valence-corrected chi connectivity index (χ0v) is 14.0. The molecule has 1 amide bonds. The SMILES string of the molecule is Cc1ccc(F)cc1C(=O)N[C@@H]1C[C@H]2CO[C@H](C(C)C)CN2C1. The number of nitrogens with zero attached hydrogens (tertiary/aromatic N) is 1. The van der Waals surface area contributed by atoms with Crippen LogP contribution in [0.2, 0.25) is 0 Å². The molecule has 23 heavy (non-hydrogen) atoms. The normalized spacial score (nSPS) is 28.0. The average Bonchev–Trinajstić information content (AvgIpc) is 2.90. The molecular formula is C18H25FN2O2. The predicted molar refractivity (Wildman–Crippen MR) is 86.9 cm³/mol. The van der Waals surface area contributed by atoms with Crippen LogP contribution >= 0.6 is 0 Å². The van der Waals surface area contributed by atoms with Crippen molar-refractivity contribution in [1.82, 2.24) is 10.2 Å². The molecule has 0 aliphatic carbocycles. The number of aryl methyl sites for hydroxylation is 1. The Morgan fingerprint density at radius 3 is 2.91 bits per heavy atom. The topological polar surface area (TPSA) is 41.6 Å². The molecular weight excluding hydrogens is 295 g/mol. The summed E-state index contributed by atoms with van der Waals surface area (Å²) >= 11 is 0. The smallest absolute Gasteiger partial charge is 0.251 e. The van der Waals surface area contributed by atoms with Gasteiger partial charge in [0.25, 0.3) is 5.91 Å². The summed E-state index contributed by atoms with van der Waals surface area (Å²) in [6.07, 6.45) is 1.16. The van der Waals surface area contributed by atoms with E-state index < -0.39 is 0 Å². The molecule has 2 aliphatic rings. The Morgan fingerprint density at radius 1 is 1.39 bits per heavy atom. The molecule has 5 heteroatoms. The van der Waals surface area contributed by atoms with E-state index in [1.54, 1.807) is 6.07 Å². The number of fused-ring (bicyclic) bond motifs is 1. The minimum Gasteiger partial charge on any atom is -0.375 e. The van der Waals surface area contributed by atoms with Gasteiger partial charge in [0.15, 0.2) is 0 Å². The number of rotatable bonds is 3. The van der Waals surface area contributed by atoms with Crippen LogP contribution in [0.3, 0.4) is 0 Å². The molecule has 126 valence electrons. The molecule has 2 fully saturated rings. The number of nitrogens with one attached hydrogen (secondary N) is 1. The molecule has 0 spiro atoms. The maximum absolute atomic E-state index is 13.4. The van der Waals surface area contributed by atoms with E-state index in [-0.39, 0.29) is 23.9 Å². The zero-order chi connectivity index (χ0) is 16.6. The van der Waals surface area contributed by atoms with Gasteiger partial charge in [-0.2, -0.15) is 0 Å². The third kappa shape index (κ3) is 3.56. The van der Waals surface area contributed by atoms with Crippen LogP contribution in [0.15, 0.2) is 18.2 Å². The van der Waals surface area contributed by atoms with E-state index in [0.29, 0.717) is 17.5 Å². The van der Waals surface area contributed by atoms with Crippen molar-refractivity contribution in [1.29, 1.82) is 0 Å². The molecule has 0 saturated carbocycles. The van der Waals surface area contributed by atoms with Crippen LogP contribution in [0.5, 0.6) is 0 Å². The van der Waals surface area contributed by atoms with Crippen molar-refractivity contribution in [2.45, 2.75) is 45.4 Å². The van der Waals surface area contributed by atoms with Crippen molar-refractivity contribution in [3.8, 4) is 0 Å². The van der Waals surface area contributed by atoms with Crippen molar-refractivity contribution in [2.75, 3.05) is 19.7 Å². The Balaban J connectivity index is 1.62. The van der Waals surface area contributed by atoms with E-state index in [1.165, 1.54) is 12.1 Å². The Kier molecular flexibility index (Phi) is 4.69. The number of carbonyl (C=O) groups is 1. The number of hydrogen-bond donors (Lipinski definition) is 1. The van der Waals surface area contributed by atoms with Crippen molar-refractivity contribution in [3.63, 3.8) is 0 Å². The first-order valence-corrected chi connectivity index (χ1v) is 8.36. The van der Waals surface area contributed by atoms with E-state index in [4.69, 9.17) is 4.74 Å². The fraction of sp³-hybridized carbons (Fsp3) is 0.611. The molecule has 2 aliphatic heterocycles. The Bertz CT molecular complexity index is 590. The summed E-state index contributed by atoms with van der Waals surface area (Å²) in [5, 5.41) is 3.06. The summed E-state index contributed by atoms with van der Waals surface area (Å²) in [4.78, 5) is 14.8. The molecule has 2 saturated heterocycles. The lowest BCUT2D eigenvalue weighted by molar-refractivity contribution is -0.0683. The van der Waals surface area contributed by atoms with Gasteiger partial charge in [-0.15, -0.1) is 0 Å². The average molecular weight is 320 g/mol. The first-order valence-electron chi connectivity index (χ1n) is 8.36. The summed E-state index contributed by atoms with van der Waals surface area (Å²) in [6, 6.07) is 4.81. The van der Waals surface area contributed by atoms with E-state index in [0.717, 1.165) is 31.7 Å². The van der Waals surface area contributed by atoms with Crippen LogP contribution in [0.4, 0.5) is 4.39 Å². The fourth-order valence-corrected chi connectivity index (χ4v) is 3.51. The molecule has 1 aromatic rings. The Hall–Kier alpha value is -1.46. The van der Waals surface area contributed by atoms with Gasteiger partial charge in [0.1, 0.15) is 5.82 Å². The summed E-state index contributed by atoms with van der Waals surface area (Å²) < 4.78 is 19.3. The molecule has 1 aromatic carbocycles. The third-order valence-corrected chi connectivity index (χ3v) is 4.97. The zero-order valence-electron chi connectivity index (χ0n) is 14.0. The number of hydrogen-bond acceptors (Lipinski definition) is 3. The summed E-state index contributed by atoms with van der Waals surface area (Å²) in [5.74, 6) is -0.0644. The summed E-state index contributed by atoms with van der Waals surface area (Å²) in [6.45, 7) is 8.67. The molecule has 0 aromatic heterocycles. The lowest BCUT2D eigenvalue weighted by atomic mass is 10.0. The van der Waals surface area contributed by atoms with Crippen molar-refractivity contribution in [2.24, 2.45) is 5.92 Å². The van der Waals surface area contributed by atoms with Crippen molar-refractivity contribution < 1.29 is 13.9 Å². The first kappa shape index (κ1) is 16.4. The molecule has 0 bridgehead atoms. The van der Waals surface area contributed by atoms with Gasteiger partial charge in [0, 0.05) is 30.7 Å². The molecule has 2 heterocycles. The van der Waals surface area contributed by atoms with E-state index in [1.807, 2.05) is 6.92 Å². The van der Waals surface area contributed by atoms with Gasteiger partial charge in [0.05, 0.1) is 12.7 Å². The van der Waals surface area contributed by atoms with Crippen LogP contribution in [0.1, 0.15) is 36.2 Å². The molecule has 0 unspecified atom stereocenters. The Labute approximate surface area is 137 Å². The van der Waals surface area contributed by atoms with E-state index in [9.17, 15) is 9.18 Å². The number of benzene rings is 1. The molecule has 0 radical (unpaired) electrons.